The van der Waals surface area contributed by atoms with Crippen molar-refractivity contribution in [3.05, 3.63) is 75.3 Å². The summed E-state index contributed by atoms with van der Waals surface area (Å²) < 4.78 is 11.0. The molecule has 0 aromatic heterocycles. The van der Waals surface area contributed by atoms with Crippen LogP contribution in [0, 0.1) is 10.1 Å². The number of hydrogen-bond donors (Lipinski definition) is 1. The number of aliphatic hydroxyl groups excluding tert-OH is 1. The normalized spacial score (nSPS) is 20.2. The van der Waals surface area contributed by atoms with Crippen LogP contribution < -0.4 is 4.74 Å². The van der Waals surface area contributed by atoms with Gasteiger partial charge in [0.1, 0.15) is 11.5 Å². The van der Waals surface area contributed by atoms with Crippen LogP contribution in [0.3, 0.4) is 0 Å². The van der Waals surface area contributed by atoms with E-state index in [9.17, 15) is 24.8 Å². The van der Waals surface area contributed by atoms with Gasteiger partial charge in [0, 0.05) is 43.9 Å². The molecule has 1 unspecified atom stereocenters. The molecule has 2 aliphatic heterocycles. The van der Waals surface area contributed by atoms with Crippen LogP contribution in [-0.2, 0) is 14.3 Å². The fraction of sp³-hybridized carbons (Fsp3) is 0.385. The van der Waals surface area contributed by atoms with E-state index in [1.54, 1.807) is 30.3 Å². The van der Waals surface area contributed by atoms with E-state index >= 15 is 0 Å². The molecule has 0 spiro atoms. The number of ether oxygens (including phenoxy) is 2. The van der Waals surface area contributed by atoms with Gasteiger partial charge in [0.05, 0.1) is 35.9 Å². The molecule has 2 aliphatic rings. The van der Waals surface area contributed by atoms with E-state index in [2.05, 4.69) is 4.90 Å². The number of Topliss-reactive ketones (excluding diaryl/α,β-unsaturated/α-hetero) is 1. The van der Waals surface area contributed by atoms with Crippen LogP contribution in [-0.4, -0.2) is 77.0 Å². The summed E-state index contributed by atoms with van der Waals surface area (Å²) in [6, 6.07) is 11.4. The predicted octanol–water partition coefficient (Wildman–Crippen LogP) is 3.14. The van der Waals surface area contributed by atoms with Crippen molar-refractivity contribution in [3.8, 4) is 5.75 Å². The predicted molar refractivity (Wildman–Crippen MR) is 132 cm³/mol. The molecule has 10 nitrogen and oxygen atoms in total. The molecule has 0 radical (unpaired) electrons. The average molecular weight is 496 g/mol. The molecule has 1 atom stereocenters. The lowest BCUT2D eigenvalue weighted by molar-refractivity contribution is -0.384. The molecule has 0 aliphatic carbocycles. The lowest BCUT2D eigenvalue weighted by Gasteiger charge is -2.31. The summed E-state index contributed by atoms with van der Waals surface area (Å²) in [5.41, 5.74) is 0.459. The van der Waals surface area contributed by atoms with Gasteiger partial charge in [-0.25, -0.2) is 0 Å². The number of non-ortho nitro benzene ring substituents is 1. The number of nitro benzene ring substituents is 1. The number of rotatable bonds is 8. The Bertz CT molecular complexity index is 1170. The number of amides is 1. The molecular formula is C26H29N3O7. The lowest BCUT2D eigenvalue weighted by atomic mass is 9.95. The highest BCUT2D eigenvalue weighted by Crippen LogP contribution is 2.40. The van der Waals surface area contributed by atoms with Crippen LogP contribution in [0.15, 0.2) is 54.1 Å². The quantitative estimate of drug-likeness (QED) is 0.195. The van der Waals surface area contributed by atoms with Crippen molar-refractivity contribution >= 4 is 23.1 Å². The van der Waals surface area contributed by atoms with Crippen molar-refractivity contribution in [1.82, 2.24) is 9.80 Å². The smallest absolute Gasteiger partial charge is 0.295 e. The third-order valence-corrected chi connectivity index (χ3v) is 6.20. The number of nitro groups is 1. The number of likely N-dealkylation sites (tertiary alicyclic amines) is 1. The Hall–Kier alpha value is -3.76. The topological polar surface area (TPSA) is 122 Å². The molecule has 10 heteroatoms. The molecule has 36 heavy (non-hydrogen) atoms. The minimum atomic E-state index is -0.961. The maximum Gasteiger partial charge on any atom is 0.295 e. The third kappa shape index (κ3) is 5.39. The summed E-state index contributed by atoms with van der Waals surface area (Å²) in [5, 5.41) is 22.6. The second-order valence-electron chi connectivity index (χ2n) is 8.99. The Morgan fingerprint density at radius 2 is 1.83 bits per heavy atom. The van der Waals surface area contributed by atoms with Crippen LogP contribution in [0.25, 0.3) is 5.76 Å². The number of ketones is 1. The Morgan fingerprint density at radius 3 is 2.47 bits per heavy atom. The number of morpholine rings is 1. The van der Waals surface area contributed by atoms with Gasteiger partial charge in [-0.1, -0.05) is 12.1 Å². The minimum absolute atomic E-state index is 0.0323. The Morgan fingerprint density at radius 1 is 1.14 bits per heavy atom. The number of nitrogens with zero attached hydrogens (tertiary/aromatic N) is 3. The van der Waals surface area contributed by atoms with Gasteiger partial charge in [-0.2, -0.15) is 0 Å². The van der Waals surface area contributed by atoms with E-state index in [-0.39, 0.29) is 29.7 Å². The molecule has 2 fully saturated rings. The van der Waals surface area contributed by atoms with Crippen molar-refractivity contribution in [3.63, 3.8) is 0 Å². The second-order valence-corrected chi connectivity index (χ2v) is 8.99. The van der Waals surface area contributed by atoms with Crippen molar-refractivity contribution in [1.29, 1.82) is 0 Å². The van der Waals surface area contributed by atoms with Crippen LogP contribution >= 0.6 is 0 Å². The fourth-order valence-electron chi connectivity index (χ4n) is 4.46. The second kappa shape index (κ2) is 10.9. The zero-order chi connectivity index (χ0) is 25.8. The van der Waals surface area contributed by atoms with Gasteiger partial charge >= 0.3 is 0 Å². The van der Waals surface area contributed by atoms with Gasteiger partial charge in [0.25, 0.3) is 17.4 Å². The van der Waals surface area contributed by atoms with E-state index < -0.39 is 22.7 Å². The number of carbonyl (C=O) groups excluding carboxylic acids is 2. The first kappa shape index (κ1) is 25.3. The first-order chi connectivity index (χ1) is 17.3. The van der Waals surface area contributed by atoms with Crippen molar-refractivity contribution in [2.24, 2.45) is 0 Å². The molecule has 2 aromatic carbocycles. The summed E-state index contributed by atoms with van der Waals surface area (Å²) >= 11 is 0. The monoisotopic (exact) mass is 495 g/mol. The molecule has 0 saturated carbocycles. The average Bonchev–Trinajstić information content (AvgIpc) is 3.12. The summed E-state index contributed by atoms with van der Waals surface area (Å²) in [5.74, 6) is -1.31. The summed E-state index contributed by atoms with van der Waals surface area (Å²) in [7, 11) is 0. The highest BCUT2D eigenvalue weighted by molar-refractivity contribution is 6.46. The van der Waals surface area contributed by atoms with Gasteiger partial charge in [0.2, 0.25) is 0 Å². The highest BCUT2D eigenvalue weighted by atomic mass is 16.6. The van der Waals surface area contributed by atoms with Crippen LogP contribution in [0.2, 0.25) is 0 Å². The highest BCUT2D eigenvalue weighted by Gasteiger charge is 2.46. The molecule has 4 rings (SSSR count). The third-order valence-electron chi connectivity index (χ3n) is 6.20. The zero-order valence-electron chi connectivity index (χ0n) is 20.3. The van der Waals surface area contributed by atoms with Gasteiger partial charge in [0.15, 0.2) is 0 Å². The van der Waals surface area contributed by atoms with Crippen molar-refractivity contribution < 1.29 is 29.1 Å². The number of hydrogen-bond acceptors (Lipinski definition) is 8. The first-order valence-electron chi connectivity index (χ1n) is 11.9. The Balaban J connectivity index is 1.73. The minimum Gasteiger partial charge on any atom is -0.507 e. The largest absolute Gasteiger partial charge is 0.507 e. The summed E-state index contributed by atoms with van der Waals surface area (Å²) in [6.45, 7) is 7.09. The van der Waals surface area contributed by atoms with E-state index in [4.69, 9.17) is 9.47 Å². The van der Waals surface area contributed by atoms with Gasteiger partial charge in [-0.05, 0) is 43.7 Å². The molecular weight excluding hydrogens is 466 g/mol. The van der Waals surface area contributed by atoms with E-state index in [1.807, 2.05) is 13.8 Å². The number of benzene rings is 2. The standard InChI is InChI=1S/C26H29N3O7/c1-17(2)36-21-8-6-18(7-9-21)24(30)22-23(19-4-3-5-20(16-19)29(33)34)28(26(32)25(22)31)11-10-27-12-14-35-15-13-27/h3-9,16-17,23,30H,10-15H2,1-2H3/b24-22+. The van der Waals surface area contributed by atoms with E-state index in [1.165, 1.54) is 23.1 Å². The number of aliphatic hydroxyl groups is 1. The molecule has 1 N–H and O–H groups in total. The zero-order valence-corrected chi connectivity index (χ0v) is 20.3. The van der Waals surface area contributed by atoms with Gasteiger partial charge in [-0.15, -0.1) is 0 Å². The van der Waals surface area contributed by atoms with Crippen molar-refractivity contribution in [2.75, 3.05) is 39.4 Å². The van der Waals surface area contributed by atoms with Crippen molar-refractivity contribution in [2.45, 2.75) is 26.0 Å². The van der Waals surface area contributed by atoms with E-state index in [0.29, 0.717) is 49.7 Å². The maximum absolute atomic E-state index is 13.2. The SMILES string of the molecule is CC(C)Oc1ccc(/C(O)=C2\C(=O)C(=O)N(CCN3CCOCC3)C2c2cccc([N+](=O)[O-])c2)cc1. The van der Waals surface area contributed by atoms with Crippen LogP contribution in [0.5, 0.6) is 5.75 Å². The maximum atomic E-state index is 13.2. The van der Waals surface area contributed by atoms with Crippen LogP contribution in [0.1, 0.15) is 31.0 Å². The van der Waals surface area contributed by atoms with Gasteiger partial charge < -0.3 is 19.5 Å². The molecule has 1 amide bonds. The summed E-state index contributed by atoms with van der Waals surface area (Å²) in [4.78, 5) is 40.7. The summed E-state index contributed by atoms with van der Waals surface area (Å²) in [6.07, 6.45) is -0.0323. The molecule has 2 heterocycles. The Labute approximate surface area is 208 Å². The fourth-order valence-corrected chi connectivity index (χ4v) is 4.46. The van der Waals surface area contributed by atoms with Gasteiger partial charge in [-0.3, -0.25) is 24.6 Å². The molecule has 2 saturated heterocycles. The first-order valence-corrected chi connectivity index (χ1v) is 11.9. The molecule has 2 aromatic rings. The molecule has 0 bridgehead atoms. The van der Waals surface area contributed by atoms with Crippen LogP contribution in [0.4, 0.5) is 5.69 Å². The Kier molecular flexibility index (Phi) is 7.66. The number of carbonyl (C=O) groups is 2. The molecule has 190 valence electrons. The lowest BCUT2D eigenvalue weighted by Crippen LogP contribution is -2.42. The van der Waals surface area contributed by atoms with E-state index in [0.717, 1.165) is 0 Å².